The molecule has 1 fully saturated rings. The fraction of sp³-hybridized carbons (Fsp3) is 0.462. The van der Waals surface area contributed by atoms with E-state index in [4.69, 9.17) is 0 Å². The van der Waals surface area contributed by atoms with E-state index >= 15 is 0 Å². The van der Waals surface area contributed by atoms with E-state index in [-0.39, 0.29) is 11.9 Å². The number of hydrogen-bond acceptors (Lipinski definition) is 4. The van der Waals surface area contributed by atoms with Crippen LogP contribution in [0.2, 0.25) is 0 Å². The number of carbonyl (C=O) groups excluding carboxylic acids is 2. The Morgan fingerprint density at radius 2 is 1.62 bits per heavy atom. The van der Waals surface area contributed by atoms with Crippen LogP contribution in [0.4, 0.5) is 0 Å². The number of fused-ring (bicyclic) bond motifs is 3. The van der Waals surface area contributed by atoms with Gasteiger partial charge >= 0.3 is 5.97 Å². The zero-order valence-electron chi connectivity index (χ0n) is 19.2. The third-order valence-corrected chi connectivity index (χ3v) is 6.53. The van der Waals surface area contributed by atoms with Crippen molar-refractivity contribution in [1.82, 2.24) is 14.4 Å². The highest BCUT2D eigenvalue weighted by Gasteiger charge is 2.21. The summed E-state index contributed by atoms with van der Waals surface area (Å²) in [6, 6.07) is 15.5. The minimum Gasteiger partial charge on any atom is -0.469 e. The summed E-state index contributed by atoms with van der Waals surface area (Å²) < 4.78 is 7.02. The predicted octanol–water partition coefficient (Wildman–Crippen LogP) is 4.19. The van der Waals surface area contributed by atoms with Gasteiger partial charge in [0.05, 0.1) is 7.11 Å². The lowest BCUT2D eigenvalue weighted by atomic mass is 10.1. The molecule has 32 heavy (non-hydrogen) atoms. The number of ether oxygens (including phenoxy) is 1. The Bertz CT molecular complexity index is 1100. The number of amides is 1. The van der Waals surface area contributed by atoms with Gasteiger partial charge < -0.3 is 14.2 Å². The lowest BCUT2D eigenvalue weighted by molar-refractivity contribution is -0.141. The molecule has 0 atom stereocenters. The van der Waals surface area contributed by atoms with Crippen LogP contribution in [0.15, 0.2) is 42.5 Å². The molecule has 4 rings (SSSR count). The van der Waals surface area contributed by atoms with Crippen molar-refractivity contribution >= 4 is 33.7 Å². The molecule has 1 amide bonds. The van der Waals surface area contributed by atoms with Gasteiger partial charge in [0.25, 0.3) is 0 Å². The number of unbranched alkanes of at least 4 members (excludes halogenated alkanes) is 1. The van der Waals surface area contributed by atoms with Crippen LogP contribution in [0.5, 0.6) is 0 Å². The maximum absolute atomic E-state index is 12.5. The summed E-state index contributed by atoms with van der Waals surface area (Å²) in [6.07, 6.45) is 2.34. The number of hydrogen-bond donors (Lipinski definition) is 0. The second-order valence-corrected chi connectivity index (χ2v) is 8.55. The third-order valence-electron chi connectivity index (χ3n) is 6.53. The standard InChI is InChI=1S/C26H33N3O3/c1-3-29-23-9-5-4-8-21(23)22-18-20(12-13-24(22)29)19-27-14-16-28(17-15-27)25(30)10-6-7-11-26(31)32-2/h4-5,8-9,12-13,18H,3,6-7,10-11,14-17,19H2,1-2H3. The highest BCUT2D eigenvalue weighted by atomic mass is 16.5. The van der Waals surface area contributed by atoms with E-state index in [0.29, 0.717) is 19.3 Å². The quantitative estimate of drug-likeness (QED) is 0.393. The summed E-state index contributed by atoms with van der Waals surface area (Å²) in [6.45, 7) is 7.39. The summed E-state index contributed by atoms with van der Waals surface area (Å²) in [5.74, 6) is -0.00757. The van der Waals surface area contributed by atoms with Gasteiger partial charge in [0.1, 0.15) is 0 Å². The first-order valence-electron chi connectivity index (χ1n) is 11.7. The first-order chi connectivity index (χ1) is 15.6. The van der Waals surface area contributed by atoms with Gasteiger partial charge in [-0.1, -0.05) is 24.3 Å². The van der Waals surface area contributed by atoms with Crippen LogP contribution in [0.1, 0.15) is 38.2 Å². The number of esters is 1. The Morgan fingerprint density at radius 3 is 2.38 bits per heavy atom. The monoisotopic (exact) mass is 435 g/mol. The number of benzene rings is 2. The van der Waals surface area contributed by atoms with Crippen molar-refractivity contribution in [3.05, 3.63) is 48.0 Å². The number of carbonyl (C=O) groups is 2. The van der Waals surface area contributed by atoms with Gasteiger partial charge in [-0.25, -0.2) is 0 Å². The van der Waals surface area contributed by atoms with Crippen LogP contribution in [0, 0.1) is 0 Å². The molecule has 6 heteroatoms. The molecule has 6 nitrogen and oxygen atoms in total. The molecule has 1 saturated heterocycles. The van der Waals surface area contributed by atoms with Crippen LogP contribution < -0.4 is 0 Å². The minimum atomic E-state index is -0.205. The van der Waals surface area contributed by atoms with Gasteiger partial charge in [0.2, 0.25) is 5.91 Å². The van der Waals surface area contributed by atoms with E-state index in [1.165, 1.54) is 34.5 Å². The fourth-order valence-electron chi connectivity index (χ4n) is 4.76. The van der Waals surface area contributed by atoms with Gasteiger partial charge in [-0.3, -0.25) is 14.5 Å². The van der Waals surface area contributed by atoms with Crippen LogP contribution in [0.3, 0.4) is 0 Å². The van der Waals surface area contributed by atoms with E-state index in [0.717, 1.165) is 45.7 Å². The number of piperazine rings is 1. The second kappa shape index (κ2) is 10.2. The average Bonchev–Trinajstić information content (AvgIpc) is 3.15. The molecule has 3 aromatic rings. The van der Waals surface area contributed by atoms with Crippen molar-refractivity contribution in [2.45, 2.75) is 45.7 Å². The largest absolute Gasteiger partial charge is 0.469 e. The topological polar surface area (TPSA) is 54.8 Å². The van der Waals surface area contributed by atoms with Crippen LogP contribution in [-0.4, -0.2) is 59.5 Å². The Balaban J connectivity index is 1.33. The van der Waals surface area contributed by atoms with E-state index in [1.54, 1.807) is 0 Å². The van der Waals surface area contributed by atoms with Crippen molar-refractivity contribution in [1.29, 1.82) is 0 Å². The number of nitrogens with zero attached hydrogens (tertiary/aromatic N) is 3. The molecule has 1 aromatic heterocycles. The minimum absolute atomic E-state index is 0.198. The van der Waals surface area contributed by atoms with Crippen LogP contribution in [0.25, 0.3) is 21.8 Å². The van der Waals surface area contributed by atoms with E-state index in [1.807, 2.05) is 4.90 Å². The lowest BCUT2D eigenvalue weighted by Gasteiger charge is -2.35. The van der Waals surface area contributed by atoms with Crippen LogP contribution >= 0.6 is 0 Å². The van der Waals surface area contributed by atoms with Gasteiger partial charge in [-0.05, 0) is 43.5 Å². The molecule has 1 aliphatic heterocycles. The predicted molar refractivity (Wildman–Crippen MR) is 127 cm³/mol. The van der Waals surface area contributed by atoms with Crippen molar-refractivity contribution in [2.24, 2.45) is 0 Å². The van der Waals surface area contributed by atoms with Crippen LogP contribution in [-0.2, 0) is 27.4 Å². The molecule has 0 radical (unpaired) electrons. The maximum Gasteiger partial charge on any atom is 0.305 e. The molecular weight excluding hydrogens is 402 g/mol. The smallest absolute Gasteiger partial charge is 0.305 e. The number of aromatic nitrogens is 1. The molecule has 1 aliphatic rings. The zero-order chi connectivity index (χ0) is 22.5. The molecule has 0 N–H and O–H groups in total. The highest BCUT2D eigenvalue weighted by Crippen LogP contribution is 2.30. The summed E-state index contributed by atoms with van der Waals surface area (Å²) >= 11 is 0. The van der Waals surface area contributed by atoms with Gasteiger partial charge in [-0.2, -0.15) is 0 Å². The highest BCUT2D eigenvalue weighted by molar-refractivity contribution is 6.08. The zero-order valence-corrected chi connectivity index (χ0v) is 19.2. The summed E-state index contributed by atoms with van der Waals surface area (Å²) in [4.78, 5) is 28.0. The first kappa shape index (κ1) is 22.3. The molecule has 0 bridgehead atoms. The average molecular weight is 436 g/mol. The third kappa shape index (κ3) is 4.80. The summed E-state index contributed by atoms with van der Waals surface area (Å²) in [5, 5.41) is 2.63. The maximum atomic E-state index is 12.5. The fourth-order valence-corrected chi connectivity index (χ4v) is 4.76. The van der Waals surface area contributed by atoms with Crippen molar-refractivity contribution in [3.63, 3.8) is 0 Å². The number of para-hydroxylation sites is 1. The first-order valence-corrected chi connectivity index (χ1v) is 11.7. The van der Waals surface area contributed by atoms with Crippen molar-refractivity contribution < 1.29 is 14.3 Å². The Labute approximate surface area is 189 Å². The molecule has 2 heterocycles. The SMILES string of the molecule is CCn1c2ccccc2c2cc(CN3CCN(C(=O)CCCCC(=O)OC)CC3)ccc21. The molecule has 0 spiro atoms. The Hall–Kier alpha value is -2.86. The van der Waals surface area contributed by atoms with E-state index in [9.17, 15) is 9.59 Å². The summed E-state index contributed by atoms with van der Waals surface area (Å²) in [7, 11) is 1.40. The van der Waals surface area contributed by atoms with E-state index < -0.39 is 0 Å². The van der Waals surface area contributed by atoms with E-state index in [2.05, 4.69) is 63.6 Å². The number of methoxy groups -OCH3 is 1. The van der Waals surface area contributed by atoms with Gasteiger partial charge in [0, 0.05) is 73.9 Å². The molecule has 0 unspecified atom stereocenters. The molecule has 2 aromatic carbocycles. The number of aryl methyl sites for hydroxylation is 1. The molecule has 0 saturated carbocycles. The second-order valence-electron chi connectivity index (χ2n) is 8.55. The normalized spacial score (nSPS) is 14.9. The number of rotatable bonds is 8. The summed E-state index contributed by atoms with van der Waals surface area (Å²) in [5.41, 5.74) is 3.90. The Morgan fingerprint density at radius 1 is 0.906 bits per heavy atom. The van der Waals surface area contributed by atoms with Gasteiger partial charge in [0.15, 0.2) is 0 Å². The Kier molecular flexibility index (Phi) is 7.10. The van der Waals surface area contributed by atoms with Crippen molar-refractivity contribution in [2.75, 3.05) is 33.3 Å². The molecule has 170 valence electrons. The molecular formula is C26H33N3O3. The van der Waals surface area contributed by atoms with Gasteiger partial charge in [-0.15, -0.1) is 0 Å². The lowest BCUT2D eigenvalue weighted by Crippen LogP contribution is -2.48. The van der Waals surface area contributed by atoms with Crippen molar-refractivity contribution in [3.8, 4) is 0 Å². The molecule has 0 aliphatic carbocycles.